The number of rotatable bonds is 6. The average molecular weight is 404 g/mol. The lowest BCUT2D eigenvalue weighted by molar-refractivity contribution is -0.118. The largest absolute Gasteiger partial charge is 0.350 e. The minimum atomic E-state index is -0.0666. The summed E-state index contributed by atoms with van der Waals surface area (Å²) in [5.41, 5.74) is 5.73. The molecule has 1 N–H and O–H groups in total. The molecular formula is C22H21N5OS. The number of carbonyl (C=O) groups excluding carboxylic acids is 1. The minimum Gasteiger partial charge on any atom is -0.350 e. The van der Waals surface area contributed by atoms with Crippen LogP contribution < -0.4 is 5.32 Å². The quantitative estimate of drug-likeness (QED) is 0.496. The Hall–Kier alpha value is -3.19. The van der Waals surface area contributed by atoms with E-state index in [-0.39, 0.29) is 11.7 Å². The summed E-state index contributed by atoms with van der Waals surface area (Å²) in [6.07, 6.45) is 1.72. The summed E-state index contributed by atoms with van der Waals surface area (Å²) < 4.78 is 1.85. The molecule has 1 amide bonds. The normalized spacial score (nSPS) is 11.0. The zero-order valence-electron chi connectivity index (χ0n) is 16.3. The van der Waals surface area contributed by atoms with E-state index in [1.54, 1.807) is 6.20 Å². The van der Waals surface area contributed by atoms with E-state index in [1.807, 2.05) is 60.0 Å². The van der Waals surface area contributed by atoms with Crippen LogP contribution >= 0.6 is 11.8 Å². The van der Waals surface area contributed by atoms with Crippen LogP contribution in [0.4, 0.5) is 0 Å². The van der Waals surface area contributed by atoms with Gasteiger partial charge in [-0.05, 0) is 37.6 Å². The Bertz CT molecular complexity index is 1140. The van der Waals surface area contributed by atoms with Crippen molar-refractivity contribution in [3.05, 3.63) is 77.7 Å². The van der Waals surface area contributed by atoms with Crippen molar-refractivity contribution in [3.63, 3.8) is 0 Å². The fraction of sp³-hybridized carbons (Fsp3) is 0.182. The highest BCUT2D eigenvalue weighted by molar-refractivity contribution is 7.99. The highest BCUT2D eigenvalue weighted by Crippen LogP contribution is 2.30. The lowest BCUT2D eigenvalue weighted by Gasteiger charge is -2.05. The van der Waals surface area contributed by atoms with Crippen molar-refractivity contribution in [3.8, 4) is 11.3 Å². The van der Waals surface area contributed by atoms with Crippen LogP contribution in [0.15, 0.2) is 66.0 Å². The maximum atomic E-state index is 12.3. The predicted molar refractivity (Wildman–Crippen MR) is 115 cm³/mol. The lowest BCUT2D eigenvalue weighted by atomic mass is 10.1. The van der Waals surface area contributed by atoms with Crippen molar-refractivity contribution >= 4 is 23.2 Å². The number of fused-ring (bicyclic) bond motifs is 1. The molecule has 146 valence electrons. The number of nitrogens with zero attached hydrogens (tertiary/aromatic N) is 4. The molecule has 1 aromatic carbocycles. The lowest BCUT2D eigenvalue weighted by Crippen LogP contribution is -2.25. The van der Waals surface area contributed by atoms with Crippen molar-refractivity contribution in [1.29, 1.82) is 0 Å². The van der Waals surface area contributed by atoms with Gasteiger partial charge in [-0.2, -0.15) is 5.10 Å². The molecule has 0 aliphatic heterocycles. The van der Waals surface area contributed by atoms with Gasteiger partial charge in [0.1, 0.15) is 0 Å². The second-order valence-corrected chi connectivity index (χ2v) is 7.67. The first-order valence-corrected chi connectivity index (χ1v) is 10.3. The van der Waals surface area contributed by atoms with Gasteiger partial charge in [-0.3, -0.25) is 9.78 Å². The summed E-state index contributed by atoms with van der Waals surface area (Å²) >= 11 is 1.38. The van der Waals surface area contributed by atoms with E-state index >= 15 is 0 Å². The van der Waals surface area contributed by atoms with Crippen LogP contribution in [0.3, 0.4) is 0 Å². The van der Waals surface area contributed by atoms with Crippen molar-refractivity contribution in [2.45, 2.75) is 25.5 Å². The highest BCUT2D eigenvalue weighted by Gasteiger charge is 2.17. The smallest absolute Gasteiger partial charge is 0.230 e. The van der Waals surface area contributed by atoms with Crippen LogP contribution in [0.25, 0.3) is 16.8 Å². The molecule has 0 bridgehead atoms. The number of hydrogen-bond acceptors (Lipinski definition) is 5. The SMILES string of the molecule is Cc1cc(C)c2c(-c3ccccc3)nc(SCC(=O)NCc3ccccn3)n2n1. The number of carbonyl (C=O) groups is 1. The van der Waals surface area contributed by atoms with E-state index in [0.717, 1.165) is 33.7 Å². The maximum Gasteiger partial charge on any atom is 0.230 e. The topological polar surface area (TPSA) is 72.2 Å². The Labute approximate surface area is 173 Å². The first-order valence-electron chi connectivity index (χ1n) is 9.33. The summed E-state index contributed by atoms with van der Waals surface area (Å²) in [6.45, 7) is 4.43. The standard InChI is InChI=1S/C22H21N5OS/c1-15-12-16(2)26-27-21(15)20(17-8-4-3-5-9-17)25-22(27)29-14-19(28)24-13-18-10-6-7-11-23-18/h3-12H,13-14H2,1-2H3,(H,24,28). The van der Waals surface area contributed by atoms with Crippen molar-refractivity contribution in [2.75, 3.05) is 5.75 Å². The summed E-state index contributed by atoms with van der Waals surface area (Å²) in [5.74, 6) is 0.192. The summed E-state index contributed by atoms with van der Waals surface area (Å²) in [4.78, 5) is 21.4. The van der Waals surface area contributed by atoms with Gasteiger partial charge < -0.3 is 5.32 Å². The molecule has 0 radical (unpaired) electrons. The van der Waals surface area contributed by atoms with E-state index in [1.165, 1.54) is 11.8 Å². The van der Waals surface area contributed by atoms with E-state index < -0.39 is 0 Å². The molecular weight excluding hydrogens is 382 g/mol. The van der Waals surface area contributed by atoms with Gasteiger partial charge in [0.05, 0.1) is 34.9 Å². The molecule has 0 saturated heterocycles. The average Bonchev–Trinajstić information content (AvgIpc) is 3.11. The Balaban J connectivity index is 1.56. The van der Waals surface area contributed by atoms with Crippen LogP contribution in [-0.2, 0) is 11.3 Å². The molecule has 6 nitrogen and oxygen atoms in total. The maximum absolute atomic E-state index is 12.3. The molecule has 4 rings (SSSR count). The molecule has 0 aliphatic carbocycles. The van der Waals surface area contributed by atoms with E-state index in [0.29, 0.717) is 11.7 Å². The van der Waals surface area contributed by atoms with Gasteiger partial charge in [-0.15, -0.1) is 0 Å². The molecule has 0 spiro atoms. The number of aromatic nitrogens is 4. The van der Waals surface area contributed by atoms with Gasteiger partial charge >= 0.3 is 0 Å². The third kappa shape index (κ3) is 4.30. The van der Waals surface area contributed by atoms with Crippen LogP contribution in [-0.4, -0.2) is 31.2 Å². The number of amides is 1. The molecule has 29 heavy (non-hydrogen) atoms. The predicted octanol–water partition coefficient (Wildman–Crippen LogP) is 3.82. The first kappa shape index (κ1) is 19.1. The Morgan fingerprint density at radius 2 is 1.90 bits per heavy atom. The zero-order valence-corrected chi connectivity index (χ0v) is 17.1. The summed E-state index contributed by atoms with van der Waals surface area (Å²) in [6, 6.07) is 17.7. The Morgan fingerprint density at radius 1 is 1.10 bits per heavy atom. The molecule has 0 atom stereocenters. The van der Waals surface area contributed by atoms with Crippen LogP contribution in [0, 0.1) is 13.8 Å². The number of nitrogens with one attached hydrogen (secondary N) is 1. The molecule has 3 heterocycles. The minimum absolute atomic E-state index is 0.0666. The number of aryl methyl sites for hydroxylation is 2. The molecule has 3 aromatic heterocycles. The van der Waals surface area contributed by atoms with Crippen LogP contribution in [0.5, 0.6) is 0 Å². The van der Waals surface area contributed by atoms with Crippen molar-refractivity contribution in [2.24, 2.45) is 0 Å². The number of imidazole rings is 1. The molecule has 0 aliphatic rings. The third-order valence-electron chi connectivity index (χ3n) is 4.45. The van der Waals surface area contributed by atoms with E-state index in [4.69, 9.17) is 4.98 Å². The molecule has 4 aromatic rings. The first-order chi connectivity index (χ1) is 14.1. The van der Waals surface area contributed by atoms with Gasteiger partial charge in [0.25, 0.3) is 0 Å². The van der Waals surface area contributed by atoms with Crippen molar-refractivity contribution in [1.82, 2.24) is 24.9 Å². The van der Waals surface area contributed by atoms with Gasteiger partial charge in [-0.25, -0.2) is 9.50 Å². The Kier molecular flexibility index (Phi) is 5.57. The van der Waals surface area contributed by atoms with Crippen LogP contribution in [0.2, 0.25) is 0 Å². The van der Waals surface area contributed by atoms with Crippen LogP contribution in [0.1, 0.15) is 17.0 Å². The van der Waals surface area contributed by atoms with Gasteiger partial charge in [0.15, 0.2) is 5.16 Å². The zero-order chi connectivity index (χ0) is 20.2. The Morgan fingerprint density at radius 3 is 2.66 bits per heavy atom. The molecule has 0 unspecified atom stereocenters. The molecule has 0 saturated carbocycles. The monoisotopic (exact) mass is 403 g/mol. The summed E-state index contributed by atoms with van der Waals surface area (Å²) in [7, 11) is 0. The van der Waals surface area contributed by atoms with E-state index in [9.17, 15) is 4.79 Å². The fourth-order valence-corrected chi connectivity index (χ4v) is 3.94. The third-order valence-corrected chi connectivity index (χ3v) is 5.38. The van der Waals surface area contributed by atoms with E-state index in [2.05, 4.69) is 28.4 Å². The van der Waals surface area contributed by atoms with Gasteiger partial charge in [0, 0.05) is 11.8 Å². The number of pyridine rings is 1. The number of benzene rings is 1. The van der Waals surface area contributed by atoms with Crippen molar-refractivity contribution < 1.29 is 4.79 Å². The number of thioether (sulfide) groups is 1. The summed E-state index contributed by atoms with van der Waals surface area (Å²) in [5, 5.41) is 8.25. The fourth-order valence-electron chi connectivity index (χ4n) is 3.17. The number of hydrogen-bond donors (Lipinski definition) is 1. The molecule has 0 fully saturated rings. The second kappa shape index (κ2) is 8.45. The molecule has 7 heteroatoms. The van der Waals surface area contributed by atoms with Gasteiger partial charge in [-0.1, -0.05) is 48.2 Å². The van der Waals surface area contributed by atoms with Gasteiger partial charge in [0.2, 0.25) is 5.91 Å². The highest BCUT2D eigenvalue weighted by atomic mass is 32.2. The second-order valence-electron chi connectivity index (χ2n) is 6.72.